The highest BCUT2D eigenvalue weighted by molar-refractivity contribution is 6.02. The van der Waals surface area contributed by atoms with Crippen LogP contribution in [-0.2, 0) is 21.4 Å². The van der Waals surface area contributed by atoms with Crippen LogP contribution < -0.4 is 5.32 Å². The Morgan fingerprint density at radius 3 is 2.40 bits per heavy atom. The van der Waals surface area contributed by atoms with Gasteiger partial charge in [0.1, 0.15) is 0 Å². The average molecular weight is 343 g/mol. The van der Waals surface area contributed by atoms with Gasteiger partial charge in [-0.25, -0.2) is 0 Å². The van der Waals surface area contributed by atoms with E-state index in [4.69, 9.17) is 4.74 Å². The van der Waals surface area contributed by atoms with Crippen LogP contribution in [0.15, 0.2) is 30.3 Å². The third-order valence-corrected chi connectivity index (χ3v) is 3.98. The minimum absolute atomic E-state index is 0.0937. The van der Waals surface area contributed by atoms with Gasteiger partial charge in [-0.1, -0.05) is 39.8 Å². The van der Waals surface area contributed by atoms with Crippen molar-refractivity contribution in [2.45, 2.75) is 39.5 Å². The van der Waals surface area contributed by atoms with E-state index in [1.807, 2.05) is 31.2 Å². The van der Waals surface area contributed by atoms with E-state index in [-0.39, 0.29) is 23.2 Å². The van der Waals surface area contributed by atoms with Gasteiger partial charge in [0, 0.05) is 16.8 Å². The highest BCUT2D eigenvalue weighted by Gasteiger charge is 2.19. The Bertz CT molecular complexity index is 742. The summed E-state index contributed by atoms with van der Waals surface area (Å²) in [5.74, 6) is -0.696. The fraction of sp³-hybridized carbons (Fsp3) is 0.421. The maximum Gasteiger partial charge on any atom is 0.308 e. The lowest BCUT2D eigenvalue weighted by molar-refractivity contribution is -0.144. The molecule has 0 radical (unpaired) electrons. The first-order valence-corrected chi connectivity index (χ1v) is 8.24. The lowest BCUT2D eigenvalue weighted by atomic mass is 9.92. The summed E-state index contributed by atoms with van der Waals surface area (Å²) in [6.07, 6.45) is 0.592. The van der Waals surface area contributed by atoms with Gasteiger partial charge < -0.3 is 10.1 Å². The second-order valence-corrected chi connectivity index (χ2v) is 7.20. The molecule has 0 saturated carbocycles. The maximum absolute atomic E-state index is 12.3. The van der Waals surface area contributed by atoms with Crippen molar-refractivity contribution in [1.82, 2.24) is 10.2 Å². The Morgan fingerprint density at radius 2 is 1.88 bits per heavy atom. The smallest absolute Gasteiger partial charge is 0.308 e. The molecule has 2 aromatic rings. The van der Waals surface area contributed by atoms with Crippen molar-refractivity contribution in [2.75, 3.05) is 12.4 Å². The SMILES string of the molecule is COC(=O)[C@H](C)Cc1ccc(NC(=O)c2cc(C(C)(C)C)[nH]n2)cc1. The van der Waals surface area contributed by atoms with Crippen LogP contribution in [0.4, 0.5) is 5.69 Å². The molecule has 2 N–H and O–H groups in total. The van der Waals surface area contributed by atoms with Gasteiger partial charge >= 0.3 is 5.97 Å². The molecule has 1 aromatic carbocycles. The molecule has 0 fully saturated rings. The lowest BCUT2D eigenvalue weighted by Crippen LogP contribution is -2.15. The van der Waals surface area contributed by atoms with Gasteiger partial charge in [-0.05, 0) is 30.2 Å². The van der Waals surface area contributed by atoms with E-state index in [1.54, 1.807) is 6.07 Å². The van der Waals surface area contributed by atoms with Crippen molar-refractivity contribution in [2.24, 2.45) is 5.92 Å². The van der Waals surface area contributed by atoms with E-state index in [2.05, 4.69) is 36.3 Å². The fourth-order valence-electron chi connectivity index (χ4n) is 2.38. The Hall–Kier alpha value is -2.63. The summed E-state index contributed by atoms with van der Waals surface area (Å²) in [6.45, 7) is 7.98. The quantitative estimate of drug-likeness (QED) is 0.816. The zero-order valence-electron chi connectivity index (χ0n) is 15.3. The number of carbonyl (C=O) groups is 2. The number of H-pyrrole nitrogens is 1. The average Bonchev–Trinajstić information content (AvgIpc) is 3.06. The van der Waals surface area contributed by atoms with Crippen LogP contribution in [0.2, 0.25) is 0 Å². The Morgan fingerprint density at radius 1 is 1.24 bits per heavy atom. The summed E-state index contributed by atoms with van der Waals surface area (Å²) in [5, 5.41) is 9.81. The summed E-state index contributed by atoms with van der Waals surface area (Å²) in [5.41, 5.74) is 2.85. The second-order valence-electron chi connectivity index (χ2n) is 7.20. The molecular weight excluding hydrogens is 318 g/mol. The van der Waals surface area contributed by atoms with Crippen molar-refractivity contribution in [3.05, 3.63) is 47.3 Å². The molecule has 0 saturated heterocycles. The molecule has 0 aliphatic rings. The highest BCUT2D eigenvalue weighted by Crippen LogP contribution is 2.21. The first-order chi connectivity index (χ1) is 11.7. The van der Waals surface area contributed by atoms with Gasteiger partial charge in [0.15, 0.2) is 5.69 Å². The minimum atomic E-state index is -0.262. The second kappa shape index (κ2) is 7.51. The Labute approximate surface area is 148 Å². The number of anilines is 1. The van der Waals surface area contributed by atoms with E-state index in [0.717, 1.165) is 11.3 Å². The third kappa shape index (κ3) is 4.92. The van der Waals surface area contributed by atoms with Crippen LogP contribution in [0.25, 0.3) is 0 Å². The molecule has 25 heavy (non-hydrogen) atoms. The molecule has 0 unspecified atom stereocenters. The number of carbonyl (C=O) groups excluding carboxylic acids is 2. The standard InChI is InChI=1S/C19H25N3O3/c1-12(18(24)25-5)10-13-6-8-14(9-7-13)20-17(23)15-11-16(22-21-15)19(2,3)4/h6-9,11-12H,10H2,1-5H3,(H,20,23)(H,21,22)/t12-/m1/s1. The maximum atomic E-state index is 12.3. The summed E-state index contributed by atoms with van der Waals surface area (Å²) in [6, 6.07) is 9.17. The number of hydrogen-bond donors (Lipinski definition) is 2. The number of methoxy groups -OCH3 is 1. The molecule has 1 aromatic heterocycles. The number of benzene rings is 1. The van der Waals surface area contributed by atoms with Crippen molar-refractivity contribution >= 4 is 17.6 Å². The number of aromatic amines is 1. The Kier molecular flexibility index (Phi) is 5.62. The summed E-state index contributed by atoms with van der Waals surface area (Å²) in [7, 11) is 1.39. The molecule has 134 valence electrons. The zero-order valence-corrected chi connectivity index (χ0v) is 15.3. The number of nitrogens with zero attached hydrogens (tertiary/aromatic N) is 1. The summed E-state index contributed by atoms with van der Waals surface area (Å²) >= 11 is 0. The van der Waals surface area contributed by atoms with Gasteiger partial charge in [-0.2, -0.15) is 5.10 Å². The predicted molar refractivity (Wildman–Crippen MR) is 96.6 cm³/mol. The van der Waals surface area contributed by atoms with Crippen LogP contribution in [0.1, 0.15) is 49.4 Å². The van der Waals surface area contributed by atoms with Crippen LogP contribution >= 0.6 is 0 Å². The van der Waals surface area contributed by atoms with Crippen molar-refractivity contribution in [1.29, 1.82) is 0 Å². The fourth-order valence-corrected chi connectivity index (χ4v) is 2.38. The summed E-state index contributed by atoms with van der Waals surface area (Å²) in [4.78, 5) is 23.8. The van der Waals surface area contributed by atoms with Crippen molar-refractivity contribution in [3.63, 3.8) is 0 Å². The highest BCUT2D eigenvalue weighted by atomic mass is 16.5. The molecule has 0 bridgehead atoms. The zero-order chi connectivity index (χ0) is 18.6. The third-order valence-electron chi connectivity index (χ3n) is 3.98. The number of hydrogen-bond acceptors (Lipinski definition) is 4. The monoisotopic (exact) mass is 343 g/mol. The minimum Gasteiger partial charge on any atom is -0.469 e. The first kappa shape index (κ1) is 18.7. The number of nitrogens with one attached hydrogen (secondary N) is 2. The lowest BCUT2D eigenvalue weighted by Gasteiger charge is -2.14. The molecule has 2 rings (SSSR count). The van der Waals surface area contributed by atoms with Crippen LogP contribution in [-0.4, -0.2) is 29.2 Å². The van der Waals surface area contributed by atoms with Gasteiger partial charge in [0.05, 0.1) is 13.0 Å². The first-order valence-electron chi connectivity index (χ1n) is 8.24. The molecule has 6 nitrogen and oxygen atoms in total. The molecule has 0 spiro atoms. The summed E-state index contributed by atoms with van der Waals surface area (Å²) < 4.78 is 4.73. The van der Waals surface area contributed by atoms with Crippen molar-refractivity contribution < 1.29 is 14.3 Å². The topological polar surface area (TPSA) is 84.1 Å². The van der Waals surface area contributed by atoms with Gasteiger partial charge in [-0.15, -0.1) is 0 Å². The van der Waals surface area contributed by atoms with E-state index < -0.39 is 0 Å². The number of rotatable bonds is 5. The normalized spacial score (nSPS) is 12.5. The largest absolute Gasteiger partial charge is 0.469 e. The molecule has 0 aliphatic heterocycles. The molecular formula is C19H25N3O3. The number of ether oxygens (including phenoxy) is 1. The molecule has 6 heteroatoms. The van der Waals surface area contributed by atoms with Gasteiger partial charge in [0.2, 0.25) is 0 Å². The van der Waals surface area contributed by atoms with Crippen LogP contribution in [0.3, 0.4) is 0 Å². The van der Waals surface area contributed by atoms with E-state index in [0.29, 0.717) is 17.8 Å². The van der Waals surface area contributed by atoms with Gasteiger partial charge in [0.25, 0.3) is 5.91 Å². The van der Waals surface area contributed by atoms with Crippen LogP contribution in [0, 0.1) is 5.92 Å². The van der Waals surface area contributed by atoms with E-state index in [1.165, 1.54) is 7.11 Å². The number of aromatic nitrogens is 2. The molecule has 0 aliphatic carbocycles. The molecule has 1 amide bonds. The van der Waals surface area contributed by atoms with Gasteiger partial charge in [-0.3, -0.25) is 14.7 Å². The molecule has 1 atom stereocenters. The van der Waals surface area contributed by atoms with E-state index in [9.17, 15) is 9.59 Å². The van der Waals surface area contributed by atoms with Crippen LogP contribution in [0.5, 0.6) is 0 Å². The number of amides is 1. The predicted octanol–water partition coefficient (Wildman–Crippen LogP) is 3.31. The van der Waals surface area contributed by atoms with Crippen molar-refractivity contribution in [3.8, 4) is 0 Å². The number of esters is 1. The Balaban J connectivity index is 2.00. The van der Waals surface area contributed by atoms with E-state index >= 15 is 0 Å². The molecule has 1 heterocycles.